The second kappa shape index (κ2) is 8.79. The maximum absolute atomic E-state index is 12.4. The van der Waals surface area contributed by atoms with Crippen molar-refractivity contribution in [3.05, 3.63) is 66.9 Å². The minimum absolute atomic E-state index is 0.140. The average molecular weight is 417 g/mol. The van der Waals surface area contributed by atoms with Gasteiger partial charge in [-0.3, -0.25) is 9.59 Å². The molecule has 0 saturated heterocycles. The van der Waals surface area contributed by atoms with Crippen LogP contribution in [-0.2, 0) is 9.59 Å². The lowest BCUT2D eigenvalue weighted by Gasteiger charge is -2.08. The molecule has 0 fully saturated rings. The number of nitrogens with zero attached hydrogens (tertiary/aromatic N) is 2. The van der Waals surface area contributed by atoms with E-state index in [2.05, 4.69) is 25.6 Å². The quantitative estimate of drug-likeness (QED) is 0.406. The van der Waals surface area contributed by atoms with Gasteiger partial charge in [0, 0.05) is 30.1 Å². The first-order valence-corrected chi connectivity index (χ1v) is 10.3. The molecule has 150 valence electrons. The lowest BCUT2D eigenvalue weighted by Crippen LogP contribution is -2.14. The van der Waals surface area contributed by atoms with Crippen molar-refractivity contribution < 1.29 is 9.59 Å². The van der Waals surface area contributed by atoms with E-state index in [1.807, 2.05) is 36.4 Å². The average Bonchev–Trinajstić information content (AvgIpc) is 3.18. The summed E-state index contributed by atoms with van der Waals surface area (Å²) in [6.45, 7) is 1.45. The molecule has 4 rings (SSSR count). The van der Waals surface area contributed by atoms with Crippen molar-refractivity contribution >= 4 is 46.0 Å². The number of nitrogens with one attached hydrogen (secondary N) is 3. The second-order valence-electron chi connectivity index (χ2n) is 6.55. The first-order valence-electron chi connectivity index (χ1n) is 9.29. The lowest BCUT2D eigenvalue weighted by molar-refractivity contribution is -0.114. The highest BCUT2D eigenvalue weighted by molar-refractivity contribution is 8.00. The topological polar surface area (TPSA) is 99.8 Å². The summed E-state index contributed by atoms with van der Waals surface area (Å²) in [6.07, 6.45) is 1.70. The molecule has 2 amide bonds. The molecule has 3 N–H and O–H groups in total. The number of amides is 2. The Morgan fingerprint density at radius 2 is 1.70 bits per heavy atom. The number of H-pyrrole nitrogens is 1. The monoisotopic (exact) mass is 417 g/mol. The maximum Gasteiger partial charge on any atom is 0.234 e. The molecule has 30 heavy (non-hydrogen) atoms. The van der Waals surface area contributed by atoms with E-state index < -0.39 is 0 Å². The number of benzene rings is 2. The molecule has 0 atom stereocenters. The molecule has 0 aliphatic carbocycles. The highest BCUT2D eigenvalue weighted by Crippen LogP contribution is 2.29. The molecule has 2 aromatic heterocycles. The zero-order valence-electron chi connectivity index (χ0n) is 16.2. The number of carbonyl (C=O) groups excluding carboxylic acids is 2. The summed E-state index contributed by atoms with van der Waals surface area (Å²) >= 11 is 1.35. The van der Waals surface area contributed by atoms with E-state index in [0.29, 0.717) is 11.4 Å². The van der Waals surface area contributed by atoms with Crippen molar-refractivity contribution in [2.75, 3.05) is 16.4 Å². The molecule has 0 radical (unpaired) electrons. The van der Waals surface area contributed by atoms with Crippen molar-refractivity contribution in [2.45, 2.75) is 11.9 Å². The molecule has 7 nitrogen and oxygen atoms in total. The lowest BCUT2D eigenvalue weighted by atomic mass is 10.3. The Morgan fingerprint density at radius 1 is 0.967 bits per heavy atom. The number of para-hydroxylation sites is 2. The van der Waals surface area contributed by atoms with Gasteiger partial charge in [0.15, 0.2) is 0 Å². The van der Waals surface area contributed by atoms with E-state index in [1.165, 1.54) is 18.7 Å². The van der Waals surface area contributed by atoms with Crippen LogP contribution in [0.5, 0.6) is 0 Å². The molecule has 0 spiro atoms. The molecule has 2 heterocycles. The van der Waals surface area contributed by atoms with Gasteiger partial charge in [0.05, 0.1) is 16.8 Å². The molecule has 8 heteroatoms. The largest absolute Gasteiger partial charge is 0.338 e. The van der Waals surface area contributed by atoms with Crippen LogP contribution >= 0.6 is 11.8 Å². The van der Waals surface area contributed by atoms with Gasteiger partial charge in [0.1, 0.15) is 10.9 Å². The number of aromatic amines is 1. The minimum Gasteiger partial charge on any atom is -0.338 e. The number of thioether (sulfide) groups is 1. The third-order valence-electron chi connectivity index (χ3n) is 4.24. The Balaban J connectivity index is 1.42. The maximum atomic E-state index is 12.4. The van der Waals surface area contributed by atoms with Gasteiger partial charge in [-0.15, -0.1) is 0 Å². The first-order chi connectivity index (χ1) is 14.6. The van der Waals surface area contributed by atoms with Gasteiger partial charge in [0.25, 0.3) is 0 Å². The molecule has 0 bridgehead atoms. The Hall–Kier alpha value is -3.65. The summed E-state index contributed by atoms with van der Waals surface area (Å²) < 4.78 is 0. The summed E-state index contributed by atoms with van der Waals surface area (Å²) in [7, 11) is 0. The van der Waals surface area contributed by atoms with Crippen LogP contribution in [0.4, 0.5) is 11.4 Å². The van der Waals surface area contributed by atoms with Crippen LogP contribution in [0.1, 0.15) is 6.92 Å². The van der Waals surface area contributed by atoms with E-state index in [0.717, 1.165) is 27.4 Å². The standard InChI is InChI=1S/C22H19N5O2S/c1-14(28)24-15-8-10-16(11-9-15)25-20(29)13-30-22-17(5-4-12-23-22)21-26-18-6-2-3-7-19(18)27-21/h2-12H,13H2,1H3,(H,24,28)(H,25,29)(H,26,27). The third-order valence-corrected chi connectivity index (χ3v) is 5.25. The fraction of sp³-hybridized carbons (Fsp3) is 0.0909. The highest BCUT2D eigenvalue weighted by Gasteiger charge is 2.13. The summed E-state index contributed by atoms with van der Waals surface area (Å²) in [5, 5.41) is 6.27. The normalized spacial score (nSPS) is 10.7. The molecule has 0 unspecified atom stereocenters. The predicted molar refractivity (Wildman–Crippen MR) is 119 cm³/mol. The number of carbonyl (C=O) groups is 2. The number of fused-ring (bicyclic) bond motifs is 1. The van der Waals surface area contributed by atoms with Crippen molar-refractivity contribution in [1.29, 1.82) is 0 Å². The molecule has 0 saturated carbocycles. The van der Waals surface area contributed by atoms with E-state index in [-0.39, 0.29) is 17.6 Å². The number of hydrogen-bond acceptors (Lipinski definition) is 5. The van der Waals surface area contributed by atoms with E-state index in [1.54, 1.807) is 30.5 Å². The number of aromatic nitrogens is 3. The zero-order valence-corrected chi connectivity index (χ0v) is 17.0. The summed E-state index contributed by atoms with van der Waals surface area (Å²) in [6, 6.07) is 18.6. The number of rotatable bonds is 6. The van der Waals surface area contributed by atoms with Crippen molar-refractivity contribution in [2.24, 2.45) is 0 Å². The third kappa shape index (κ3) is 4.66. The Labute approximate surface area is 177 Å². The highest BCUT2D eigenvalue weighted by atomic mass is 32.2. The number of imidazole rings is 1. The molecule has 4 aromatic rings. The smallest absolute Gasteiger partial charge is 0.234 e. The van der Waals surface area contributed by atoms with Crippen LogP contribution in [0, 0.1) is 0 Å². The predicted octanol–water partition coefficient (Wildman–Crippen LogP) is 4.31. The van der Waals surface area contributed by atoms with Crippen LogP contribution in [0.3, 0.4) is 0 Å². The van der Waals surface area contributed by atoms with Crippen molar-refractivity contribution in [3.63, 3.8) is 0 Å². The number of hydrogen-bond donors (Lipinski definition) is 3. The molecule has 2 aromatic carbocycles. The summed E-state index contributed by atoms with van der Waals surface area (Å²) in [5.74, 6) is 0.644. The van der Waals surface area contributed by atoms with Gasteiger partial charge in [-0.25, -0.2) is 9.97 Å². The SMILES string of the molecule is CC(=O)Nc1ccc(NC(=O)CSc2ncccc2-c2nc3ccccc3[nH]2)cc1. The Kier molecular flexibility index (Phi) is 5.76. The van der Waals surface area contributed by atoms with Gasteiger partial charge < -0.3 is 15.6 Å². The van der Waals surface area contributed by atoms with Gasteiger partial charge in [-0.1, -0.05) is 23.9 Å². The van der Waals surface area contributed by atoms with E-state index in [9.17, 15) is 9.59 Å². The molecular formula is C22H19N5O2S. The summed E-state index contributed by atoms with van der Waals surface area (Å²) in [4.78, 5) is 35.8. The second-order valence-corrected chi connectivity index (χ2v) is 7.52. The van der Waals surface area contributed by atoms with Crippen LogP contribution < -0.4 is 10.6 Å². The number of pyridine rings is 1. The Bertz CT molecular complexity index is 1170. The summed E-state index contributed by atoms with van der Waals surface area (Å²) in [5.41, 5.74) is 4.03. The van der Waals surface area contributed by atoms with Crippen molar-refractivity contribution in [1.82, 2.24) is 15.0 Å². The first kappa shape index (κ1) is 19.7. The molecule has 0 aliphatic rings. The van der Waals surface area contributed by atoms with Gasteiger partial charge >= 0.3 is 0 Å². The zero-order chi connectivity index (χ0) is 20.9. The minimum atomic E-state index is -0.145. The molecular weight excluding hydrogens is 398 g/mol. The van der Waals surface area contributed by atoms with Crippen LogP contribution in [0.25, 0.3) is 22.4 Å². The van der Waals surface area contributed by atoms with Gasteiger partial charge in [-0.2, -0.15) is 0 Å². The fourth-order valence-electron chi connectivity index (χ4n) is 2.94. The van der Waals surface area contributed by atoms with Gasteiger partial charge in [-0.05, 0) is 48.5 Å². The number of anilines is 2. The van der Waals surface area contributed by atoms with Crippen LogP contribution in [-0.4, -0.2) is 32.5 Å². The van der Waals surface area contributed by atoms with Crippen LogP contribution in [0.15, 0.2) is 71.9 Å². The Morgan fingerprint density at radius 3 is 2.43 bits per heavy atom. The van der Waals surface area contributed by atoms with Crippen molar-refractivity contribution in [3.8, 4) is 11.4 Å². The molecule has 0 aliphatic heterocycles. The van der Waals surface area contributed by atoms with Crippen LogP contribution in [0.2, 0.25) is 0 Å². The fourth-order valence-corrected chi connectivity index (χ4v) is 3.73. The van der Waals surface area contributed by atoms with E-state index >= 15 is 0 Å². The van der Waals surface area contributed by atoms with Gasteiger partial charge in [0.2, 0.25) is 11.8 Å². The van der Waals surface area contributed by atoms with E-state index in [4.69, 9.17) is 0 Å².